The van der Waals surface area contributed by atoms with Crippen LogP contribution in [0.2, 0.25) is 0 Å². The van der Waals surface area contributed by atoms with Crippen LogP contribution in [0.3, 0.4) is 0 Å². The summed E-state index contributed by atoms with van der Waals surface area (Å²) >= 11 is 0. The van der Waals surface area contributed by atoms with Gasteiger partial charge in [-0.3, -0.25) is 4.79 Å². The summed E-state index contributed by atoms with van der Waals surface area (Å²) in [6.45, 7) is 1.51. The maximum atomic E-state index is 12.9. The summed E-state index contributed by atoms with van der Waals surface area (Å²) < 4.78 is 5.23. The third kappa shape index (κ3) is 2.49. The Hall–Kier alpha value is -2.76. The molecule has 0 radical (unpaired) electrons. The van der Waals surface area contributed by atoms with Crippen LogP contribution in [0, 0.1) is 0 Å². The minimum atomic E-state index is -0.483. The Morgan fingerprint density at radius 3 is 2.68 bits per heavy atom. The predicted octanol–water partition coefficient (Wildman–Crippen LogP) is 2.50. The van der Waals surface area contributed by atoms with Crippen LogP contribution in [0.5, 0.6) is 0 Å². The summed E-state index contributed by atoms with van der Waals surface area (Å²) in [5.74, 6) is 0.868. The molecule has 0 aliphatic carbocycles. The normalized spacial score (nSPS) is 18.5. The second-order valence-electron chi connectivity index (χ2n) is 6.69. The number of benzene rings is 1. The molecule has 2 aliphatic rings. The minimum absolute atomic E-state index is 0.113. The second-order valence-corrected chi connectivity index (χ2v) is 6.69. The van der Waals surface area contributed by atoms with E-state index in [2.05, 4.69) is 5.32 Å². The van der Waals surface area contributed by atoms with E-state index in [-0.39, 0.29) is 11.9 Å². The summed E-state index contributed by atoms with van der Waals surface area (Å²) in [7, 11) is 1.83. The van der Waals surface area contributed by atoms with E-state index in [4.69, 9.17) is 4.42 Å². The Labute approximate surface area is 146 Å². The van der Waals surface area contributed by atoms with Crippen LogP contribution in [0.1, 0.15) is 24.2 Å². The van der Waals surface area contributed by atoms with Gasteiger partial charge in [-0.15, -0.1) is 0 Å². The zero-order valence-corrected chi connectivity index (χ0v) is 14.2. The number of urea groups is 1. The van der Waals surface area contributed by atoms with Gasteiger partial charge in [0.15, 0.2) is 0 Å². The van der Waals surface area contributed by atoms with E-state index in [0.717, 1.165) is 17.0 Å². The van der Waals surface area contributed by atoms with E-state index in [0.29, 0.717) is 32.5 Å². The Balaban J connectivity index is 1.44. The third-order valence-corrected chi connectivity index (χ3v) is 5.39. The van der Waals surface area contributed by atoms with Crippen molar-refractivity contribution in [3.63, 3.8) is 0 Å². The fourth-order valence-electron chi connectivity index (χ4n) is 3.98. The highest BCUT2D eigenvalue weighted by atomic mass is 16.3. The number of rotatable bonds is 2. The molecule has 25 heavy (non-hydrogen) atoms. The van der Waals surface area contributed by atoms with E-state index in [9.17, 15) is 9.59 Å². The lowest BCUT2D eigenvalue weighted by atomic mass is 9.73. The number of nitrogens with zero attached hydrogens (tertiary/aromatic N) is 2. The van der Waals surface area contributed by atoms with Crippen molar-refractivity contribution in [3.05, 3.63) is 54.0 Å². The molecule has 0 atom stereocenters. The quantitative estimate of drug-likeness (QED) is 0.914. The van der Waals surface area contributed by atoms with Crippen LogP contribution in [0.25, 0.3) is 0 Å². The number of furan rings is 1. The van der Waals surface area contributed by atoms with E-state index in [1.165, 1.54) is 0 Å². The molecule has 3 amide bonds. The van der Waals surface area contributed by atoms with Crippen molar-refractivity contribution < 1.29 is 14.0 Å². The molecule has 2 aliphatic heterocycles. The largest absolute Gasteiger partial charge is 0.467 e. The van der Waals surface area contributed by atoms with Gasteiger partial charge in [-0.2, -0.15) is 0 Å². The van der Waals surface area contributed by atoms with Crippen molar-refractivity contribution in [2.45, 2.75) is 24.8 Å². The van der Waals surface area contributed by atoms with Gasteiger partial charge in [-0.25, -0.2) is 4.79 Å². The van der Waals surface area contributed by atoms with Gasteiger partial charge in [0.25, 0.3) is 0 Å². The molecule has 1 spiro atoms. The summed E-state index contributed by atoms with van der Waals surface area (Å²) in [5.41, 5.74) is 1.60. The third-order valence-electron chi connectivity index (χ3n) is 5.39. The number of para-hydroxylation sites is 1. The van der Waals surface area contributed by atoms with E-state index in [1.54, 1.807) is 22.1 Å². The van der Waals surface area contributed by atoms with Gasteiger partial charge in [-0.1, -0.05) is 18.2 Å². The number of hydrogen-bond donors (Lipinski definition) is 1. The van der Waals surface area contributed by atoms with Gasteiger partial charge in [0, 0.05) is 25.8 Å². The van der Waals surface area contributed by atoms with Crippen LogP contribution in [0.4, 0.5) is 10.5 Å². The molecule has 1 aromatic carbocycles. The van der Waals surface area contributed by atoms with Gasteiger partial charge in [0.2, 0.25) is 5.91 Å². The Kier molecular flexibility index (Phi) is 3.75. The molecule has 1 aromatic heterocycles. The fraction of sp³-hybridized carbons (Fsp3) is 0.368. The molecular formula is C19H21N3O3. The maximum Gasteiger partial charge on any atom is 0.317 e. The van der Waals surface area contributed by atoms with E-state index < -0.39 is 5.41 Å². The molecule has 0 saturated carbocycles. The van der Waals surface area contributed by atoms with Crippen LogP contribution >= 0.6 is 0 Å². The minimum Gasteiger partial charge on any atom is -0.467 e. The van der Waals surface area contributed by atoms with Crippen LogP contribution in [0.15, 0.2) is 47.1 Å². The van der Waals surface area contributed by atoms with Gasteiger partial charge in [0.05, 0.1) is 18.2 Å². The number of fused-ring (bicyclic) bond motifs is 2. The van der Waals surface area contributed by atoms with Crippen LogP contribution in [-0.4, -0.2) is 37.0 Å². The first-order valence-electron chi connectivity index (χ1n) is 8.55. The monoisotopic (exact) mass is 339 g/mol. The van der Waals surface area contributed by atoms with E-state index >= 15 is 0 Å². The first-order chi connectivity index (χ1) is 12.1. The zero-order valence-electron chi connectivity index (χ0n) is 14.2. The second kappa shape index (κ2) is 5.95. The molecule has 2 aromatic rings. The summed E-state index contributed by atoms with van der Waals surface area (Å²) in [4.78, 5) is 28.8. The lowest BCUT2D eigenvalue weighted by Crippen LogP contribution is -2.51. The zero-order chi connectivity index (χ0) is 17.4. The fourth-order valence-corrected chi connectivity index (χ4v) is 3.98. The van der Waals surface area contributed by atoms with Crippen molar-refractivity contribution in [3.8, 4) is 0 Å². The molecule has 6 nitrogen and oxygen atoms in total. The highest BCUT2D eigenvalue weighted by molar-refractivity contribution is 6.07. The molecule has 6 heteroatoms. The molecule has 1 fully saturated rings. The van der Waals surface area contributed by atoms with Crippen LogP contribution < -0.4 is 10.2 Å². The topological polar surface area (TPSA) is 65.8 Å². The van der Waals surface area contributed by atoms with E-state index in [1.807, 2.05) is 37.4 Å². The molecule has 130 valence electrons. The number of amides is 3. The summed E-state index contributed by atoms with van der Waals surface area (Å²) in [6.07, 6.45) is 2.90. The first kappa shape index (κ1) is 15.7. The molecule has 1 saturated heterocycles. The SMILES string of the molecule is CN1C(=O)C2(CCN(C(=O)NCc3ccco3)CC2)c2ccccc21. The van der Waals surface area contributed by atoms with Crippen molar-refractivity contribution in [1.82, 2.24) is 10.2 Å². The molecule has 3 heterocycles. The number of likely N-dealkylation sites (N-methyl/N-ethyl adjacent to an activating group) is 1. The average molecular weight is 339 g/mol. The number of hydrogen-bond acceptors (Lipinski definition) is 3. The Morgan fingerprint density at radius 1 is 1.20 bits per heavy atom. The summed E-state index contributed by atoms with van der Waals surface area (Å²) in [6, 6.07) is 11.5. The smallest absolute Gasteiger partial charge is 0.317 e. The summed E-state index contributed by atoms with van der Waals surface area (Å²) in [5, 5.41) is 2.87. The molecular weight excluding hydrogens is 318 g/mol. The number of anilines is 1. The number of piperidine rings is 1. The first-order valence-corrected chi connectivity index (χ1v) is 8.55. The lowest BCUT2D eigenvalue weighted by molar-refractivity contribution is -0.124. The van der Waals surface area contributed by atoms with Crippen molar-refractivity contribution in [2.75, 3.05) is 25.0 Å². The van der Waals surface area contributed by atoms with Gasteiger partial charge >= 0.3 is 6.03 Å². The molecule has 0 bridgehead atoms. The highest BCUT2D eigenvalue weighted by Gasteiger charge is 2.51. The molecule has 1 N–H and O–H groups in total. The number of carbonyl (C=O) groups excluding carboxylic acids is 2. The highest BCUT2D eigenvalue weighted by Crippen LogP contribution is 2.47. The van der Waals surface area contributed by atoms with Gasteiger partial charge < -0.3 is 19.5 Å². The average Bonchev–Trinajstić information content (AvgIpc) is 3.24. The van der Waals surface area contributed by atoms with Gasteiger partial charge in [0.1, 0.15) is 5.76 Å². The van der Waals surface area contributed by atoms with Crippen LogP contribution in [-0.2, 0) is 16.8 Å². The molecule has 0 unspecified atom stereocenters. The number of nitrogens with one attached hydrogen (secondary N) is 1. The van der Waals surface area contributed by atoms with Crippen molar-refractivity contribution in [2.24, 2.45) is 0 Å². The number of carbonyl (C=O) groups is 2. The number of likely N-dealkylation sites (tertiary alicyclic amines) is 1. The maximum absolute atomic E-state index is 12.9. The predicted molar refractivity (Wildman–Crippen MR) is 93.3 cm³/mol. The van der Waals surface area contributed by atoms with Gasteiger partial charge in [-0.05, 0) is 36.6 Å². The Bertz CT molecular complexity index is 792. The lowest BCUT2D eigenvalue weighted by Gasteiger charge is -2.38. The van der Waals surface area contributed by atoms with Crippen molar-refractivity contribution in [1.29, 1.82) is 0 Å². The molecule has 4 rings (SSSR count). The standard InChI is InChI=1S/C19H21N3O3/c1-21-16-7-3-2-6-15(16)19(17(21)23)8-10-22(11-9-19)18(24)20-13-14-5-4-12-25-14/h2-7,12H,8-11,13H2,1H3,(H,20,24). The van der Waals surface area contributed by atoms with Crippen molar-refractivity contribution >= 4 is 17.6 Å². The Morgan fingerprint density at radius 2 is 1.96 bits per heavy atom.